The van der Waals surface area contributed by atoms with Crippen LogP contribution in [0.3, 0.4) is 0 Å². The predicted octanol–water partition coefficient (Wildman–Crippen LogP) is 2.28. The fourth-order valence-electron chi connectivity index (χ4n) is 1.44. The molecule has 0 saturated carbocycles. The van der Waals surface area contributed by atoms with E-state index in [0.717, 1.165) is 15.7 Å². The molecule has 0 radical (unpaired) electrons. The third-order valence-electron chi connectivity index (χ3n) is 2.41. The first-order valence-corrected chi connectivity index (χ1v) is 6.49. The van der Waals surface area contributed by atoms with Gasteiger partial charge in [0.25, 0.3) is 0 Å². The monoisotopic (exact) mass is 363 g/mol. The Morgan fingerprint density at radius 2 is 2.18 bits per heavy atom. The Bertz CT molecular complexity index is 566. The zero-order chi connectivity index (χ0) is 12.6. The molecule has 0 aliphatic heterocycles. The Kier molecular flexibility index (Phi) is 3.53. The Balaban J connectivity index is 2.61. The number of halogens is 2. The number of aryl methyl sites for hydroxylation is 1. The van der Waals surface area contributed by atoms with E-state index in [1.54, 1.807) is 10.8 Å². The highest BCUT2D eigenvalue weighted by Gasteiger charge is 2.14. The second kappa shape index (κ2) is 4.77. The van der Waals surface area contributed by atoms with Gasteiger partial charge in [-0.3, -0.25) is 0 Å². The van der Waals surface area contributed by atoms with E-state index in [4.69, 9.17) is 17.3 Å². The molecule has 0 aliphatic carbocycles. The summed E-state index contributed by atoms with van der Waals surface area (Å²) in [6.07, 6.45) is 2.37. The molecule has 0 spiro atoms. The summed E-state index contributed by atoms with van der Waals surface area (Å²) in [7, 11) is 1.81. The van der Waals surface area contributed by atoms with Gasteiger partial charge in [-0.1, -0.05) is 18.5 Å². The van der Waals surface area contributed by atoms with Gasteiger partial charge in [-0.25, -0.2) is 15.0 Å². The van der Waals surface area contributed by atoms with Crippen molar-refractivity contribution in [3.8, 4) is 11.6 Å². The van der Waals surface area contributed by atoms with Crippen molar-refractivity contribution in [3.05, 3.63) is 20.6 Å². The van der Waals surface area contributed by atoms with Gasteiger partial charge in [0.2, 0.25) is 0 Å². The van der Waals surface area contributed by atoms with Crippen LogP contribution in [-0.2, 0) is 13.5 Å². The summed E-state index contributed by atoms with van der Waals surface area (Å²) in [5.74, 6) is 1.61. The topological polar surface area (TPSA) is 69.6 Å². The summed E-state index contributed by atoms with van der Waals surface area (Å²) in [5.41, 5.74) is 6.79. The predicted molar refractivity (Wildman–Crippen MR) is 75.8 cm³/mol. The van der Waals surface area contributed by atoms with Gasteiger partial charge in [-0.05, 0) is 29.0 Å². The minimum Gasteiger partial charge on any atom is -0.383 e. The van der Waals surface area contributed by atoms with Crippen LogP contribution >= 0.6 is 34.2 Å². The highest BCUT2D eigenvalue weighted by Crippen LogP contribution is 2.23. The molecule has 0 bridgehead atoms. The second-order valence-corrected chi connectivity index (χ2v) is 4.98. The molecule has 0 aliphatic rings. The van der Waals surface area contributed by atoms with E-state index in [9.17, 15) is 0 Å². The van der Waals surface area contributed by atoms with Gasteiger partial charge in [0.15, 0.2) is 11.6 Å². The van der Waals surface area contributed by atoms with E-state index in [0.29, 0.717) is 22.6 Å². The molecule has 0 atom stereocenters. The van der Waals surface area contributed by atoms with Crippen LogP contribution in [0.1, 0.15) is 12.6 Å². The maximum atomic E-state index is 5.94. The molecule has 2 rings (SSSR count). The van der Waals surface area contributed by atoms with Crippen LogP contribution in [0, 0.1) is 3.57 Å². The van der Waals surface area contributed by atoms with E-state index < -0.39 is 0 Å². The molecule has 5 nitrogen and oxygen atoms in total. The summed E-state index contributed by atoms with van der Waals surface area (Å²) in [6, 6.07) is 0. The van der Waals surface area contributed by atoms with Gasteiger partial charge in [0, 0.05) is 7.05 Å². The minimum atomic E-state index is 0.478. The van der Waals surface area contributed by atoms with Crippen molar-refractivity contribution < 1.29 is 0 Å². The summed E-state index contributed by atoms with van der Waals surface area (Å²) < 4.78 is 2.62. The number of rotatable bonds is 2. The lowest BCUT2D eigenvalue weighted by Gasteiger charge is -2.07. The summed E-state index contributed by atoms with van der Waals surface area (Å²) in [6.45, 7) is 2.03. The average Bonchev–Trinajstić information content (AvgIpc) is 2.64. The SMILES string of the molecule is CCc1nc(-c2ncc(Cl)n2C)nc(N)c1I. The second-order valence-electron chi connectivity index (χ2n) is 3.51. The molecule has 0 aromatic carbocycles. The molecule has 0 unspecified atom stereocenters. The molecular formula is C10H11ClIN5. The summed E-state index contributed by atoms with van der Waals surface area (Å²) in [5, 5.41) is 0.541. The van der Waals surface area contributed by atoms with Gasteiger partial charge in [0.05, 0.1) is 15.5 Å². The Labute approximate surface area is 118 Å². The number of hydrogen-bond acceptors (Lipinski definition) is 4. The first kappa shape index (κ1) is 12.6. The lowest BCUT2D eigenvalue weighted by Crippen LogP contribution is -2.06. The number of anilines is 1. The smallest absolute Gasteiger partial charge is 0.198 e. The summed E-state index contributed by atoms with van der Waals surface area (Å²) in [4.78, 5) is 12.9. The molecule has 2 aromatic rings. The molecule has 0 fully saturated rings. The van der Waals surface area contributed by atoms with E-state index in [-0.39, 0.29) is 0 Å². The maximum absolute atomic E-state index is 5.94. The van der Waals surface area contributed by atoms with Crippen LogP contribution in [-0.4, -0.2) is 19.5 Å². The Morgan fingerprint density at radius 1 is 1.47 bits per heavy atom. The lowest BCUT2D eigenvalue weighted by molar-refractivity contribution is 0.895. The van der Waals surface area contributed by atoms with Crippen molar-refractivity contribution in [2.24, 2.45) is 7.05 Å². The van der Waals surface area contributed by atoms with Crippen LogP contribution in [0.15, 0.2) is 6.20 Å². The van der Waals surface area contributed by atoms with Gasteiger partial charge >= 0.3 is 0 Å². The average molecular weight is 364 g/mol. The number of nitrogens with two attached hydrogens (primary N) is 1. The van der Waals surface area contributed by atoms with Gasteiger partial charge in [0.1, 0.15) is 11.0 Å². The summed E-state index contributed by atoms with van der Waals surface area (Å²) >= 11 is 8.09. The number of imidazole rings is 1. The van der Waals surface area contributed by atoms with E-state index >= 15 is 0 Å². The molecule has 2 heterocycles. The normalized spacial score (nSPS) is 10.8. The zero-order valence-corrected chi connectivity index (χ0v) is 12.3. The van der Waals surface area contributed by atoms with Crippen molar-refractivity contribution in [2.45, 2.75) is 13.3 Å². The maximum Gasteiger partial charge on any atom is 0.198 e. The number of hydrogen-bond donors (Lipinski definition) is 1. The van der Waals surface area contributed by atoms with Crippen molar-refractivity contribution in [3.63, 3.8) is 0 Å². The molecule has 2 N–H and O–H groups in total. The highest BCUT2D eigenvalue weighted by atomic mass is 127. The zero-order valence-electron chi connectivity index (χ0n) is 9.41. The molecule has 17 heavy (non-hydrogen) atoms. The Hall–Kier alpha value is -0.890. The van der Waals surface area contributed by atoms with Gasteiger partial charge in [-0.15, -0.1) is 0 Å². The largest absolute Gasteiger partial charge is 0.383 e. The van der Waals surface area contributed by atoms with Crippen molar-refractivity contribution in [1.29, 1.82) is 0 Å². The first-order chi connectivity index (χ1) is 8.04. The number of nitrogen functional groups attached to an aromatic ring is 1. The van der Waals surface area contributed by atoms with E-state index in [1.807, 2.05) is 14.0 Å². The van der Waals surface area contributed by atoms with Crippen LogP contribution in [0.5, 0.6) is 0 Å². The van der Waals surface area contributed by atoms with E-state index in [1.165, 1.54) is 0 Å². The quantitative estimate of drug-likeness (QED) is 0.831. The number of nitrogens with zero attached hydrogens (tertiary/aromatic N) is 4. The first-order valence-electron chi connectivity index (χ1n) is 5.04. The van der Waals surface area contributed by atoms with Crippen molar-refractivity contribution >= 4 is 40.0 Å². The van der Waals surface area contributed by atoms with Crippen LogP contribution in [0.25, 0.3) is 11.6 Å². The molecular weight excluding hydrogens is 353 g/mol. The fraction of sp³-hybridized carbons (Fsp3) is 0.300. The minimum absolute atomic E-state index is 0.478. The van der Waals surface area contributed by atoms with Crippen molar-refractivity contribution in [2.75, 3.05) is 5.73 Å². The fourth-order valence-corrected chi connectivity index (χ4v) is 2.20. The molecule has 0 amide bonds. The van der Waals surface area contributed by atoms with Crippen molar-refractivity contribution in [1.82, 2.24) is 19.5 Å². The number of aromatic nitrogens is 4. The molecule has 90 valence electrons. The molecule has 7 heteroatoms. The standard InChI is InChI=1S/C10H11ClIN5/c1-3-5-7(12)8(13)16-9(15-5)10-14-4-6(11)17(10)2/h4H,3H2,1-2H3,(H2,13,15,16). The third kappa shape index (κ3) is 2.23. The van der Waals surface area contributed by atoms with E-state index in [2.05, 4.69) is 37.5 Å². The Morgan fingerprint density at radius 3 is 2.71 bits per heavy atom. The van der Waals surface area contributed by atoms with Crippen LogP contribution < -0.4 is 5.73 Å². The molecule has 0 saturated heterocycles. The van der Waals surface area contributed by atoms with Crippen LogP contribution in [0.4, 0.5) is 5.82 Å². The molecule has 2 aromatic heterocycles. The van der Waals surface area contributed by atoms with Crippen LogP contribution in [0.2, 0.25) is 5.15 Å². The van der Waals surface area contributed by atoms with Gasteiger partial charge < -0.3 is 10.3 Å². The van der Waals surface area contributed by atoms with Gasteiger partial charge in [-0.2, -0.15) is 0 Å². The lowest BCUT2D eigenvalue weighted by atomic mass is 10.3. The highest BCUT2D eigenvalue weighted by molar-refractivity contribution is 14.1. The third-order valence-corrected chi connectivity index (χ3v) is 3.94.